The van der Waals surface area contributed by atoms with Crippen molar-refractivity contribution in [2.45, 2.75) is 78.2 Å². The third-order valence-corrected chi connectivity index (χ3v) is 4.85. The van der Waals surface area contributed by atoms with E-state index in [0.717, 1.165) is 19.3 Å². The fourth-order valence-electron chi connectivity index (χ4n) is 3.81. The maximum Gasteiger partial charge on any atom is 0.137 e. The maximum absolute atomic E-state index is 12.0. The van der Waals surface area contributed by atoms with Gasteiger partial charge in [0.1, 0.15) is 5.78 Å². The number of hydrogen-bond donors (Lipinski definition) is 0. The molecule has 0 N–H and O–H groups in total. The van der Waals surface area contributed by atoms with Gasteiger partial charge in [-0.15, -0.1) is 0 Å². The quantitative estimate of drug-likeness (QED) is 0.764. The van der Waals surface area contributed by atoms with Crippen LogP contribution in [0, 0.1) is 11.3 Å². The predicted molar refractivity (Wildman–Crippen MR) is 80.2 cm³/mol. The first-order chi connectivity index (χ1) is 8.97. The van der Waals surface area contributed by atoms with Crippen molar-refractivity contribution in [1.29, 1.82) is 0 Å². The van der Waals surface area contributed by atoms with Gasteiger partial charge in [-0.25, -0.2) is 0 Å². The number of carbonyl (C=O) groups excluding carboxylic acids is 1. The molecule has 2 rings (SSSR count). The zero-order chi connectivity index (χ0) is 13.9. The Labute approximate surface area is 118 Å². The molecule has 19 heavy (non-hydrogen) atoms. The molecule has 0 aromatic heterocycles. The van der Waals surface area contributed by atoms with Crippen molar-refractivity contribution in [2.75, 3.05) is 13.1 Å². The highest BCUT2D eigenvalue weighted by Gasteiger charge is 2.36. The van der Waals surface area contributed by atoms with Gasteiger partial charge in [0.15, 0.2) is 0 Å². The maximum atomic E-state index is 12.0. The number of rotatable bonds is 4. The van der Waals surface area contributed by atoms with Gasteiger partial charge in [-0.05, 0) is 57.0 Å². The number of nitrogens with zero attached hydrogens (tertiary/aromatic N) is 1. The predicted octanol–water partition coefficient (Wildman–Crippen LogP) is 4.04. The summed E-state index contributed by atoms with van der Waals surface area (Å²) in [6.45, 7) is 9.38. The van der Waals surface area contributed by atoms with Gasteiger partial charge in [-0.2, -0.15) is 0 Å². The Kier molecular flexibility index (Phi) is 5.05. The normalized spacial score (nSPS) is 29.9. The molecule has 0 radical (unpaired) electrons. The third-order valence-electron chi connectivity index (χ3n) is 4.85. The van der Waals surface area contributed by atoms with Crippen LogP contribution in [-0.4, -0.2) is 29.8 Å². The molecule has 0 aromatic carbocycles. The first kappa shape index (κ1) is 15.0. The molecule has 1 saturated carbocycles. The van der Waals surface area contributed by atoms with Gasteiger partial charge in [0.2, 0.25) is 0 Å². The number of hydrogen-bond acceptors (Lipinski definition) is 2. The van der Waals surface area contributed by atoms with Crippen molar-refractivity contribution >= 4 is 5.78 Å². The van der Waals surface area contributed by atoms with E-state index in [1.54, 1.807) is 0 Å². The third kappa shape index (κ3) is 4.30. The Balaban J connectivity index is 1.87. The summed E-state index contributed by atoms with van der Waals surface area (Å²) in [5.41, 5.74) is 0.439. The van der Waals surface area contributed by atoms with E-state index in [0.29, 0.717) is 23.2 Å². The van der Waals surface area contributed by atoms with Crippen molar-refractivity contribution in [3.63, 3.8) is 0 Å². The number of likely N-dealkylation sites (tertiary alicyclic amines) is 1. The Bertz CT molecular complexity index is 305. The molecule has 0 bridgehead atoms. The molecule has 0 aromatic rings. The van der Waals surface area contributed by atoms with E-state index in [2.05, 4.69) is 25.7 Å². The minimum Gasteiger partial charge on any atom is -0.300 e. The fraction of sp³-hybridized carbons (Fsp3) is 0.941. The lowest BCUT2D eigenvalue weighted by Gasteiger charge is -2.39. The fourth-order valence-corrected chi connectivity index (χ4v) is 3.81. The molecule has 1 heterocycles. The minimum absolute atomic E-state index is 0.370. The molecule has 0 spiro atoms. The molecule has 2 unspecified atom stereocenters. The summed E-state index contributed by atoms with van der Waals surface area (Å²) in [5, 5.41) is 0. The molecular formula is C17H31NO. The van der Waals surface area contributed by atoms with Crippen LogP contribution in [0.2, 0.25) is 0 Å². The average Bonchev–Trinajstić information content (AvgIpc) is 2.74. The van der Waals surface area contributed by atoms with E-state index in [4.69, 9.17) is 0 Å². The van der Waals surface area contributed by atoms with Crippen LogP contribution in [0.4, 0.5) is 0 Å². The molecule has 1 aliphatic carbocycles. The number of piperidine rings is 1. The largest absolute Gasteiger partial charge is 0.300 e. The summed E-state index contributed by atoms with van der Waals surface area (Å²) >= 11 is 0. The van der Waals surface area contributed by atoms with Crippen LogP contribution in [0.1, 0.15) is 72.1 Å². The number of Topliss-reactive ketones (excluding diaryl/α,β-unsaturated/α-hetero) is 1. The van der Waals surface area contributed by atoms with Crippen molar-refractivity contribution in [3.8, 4) is 0 Å². The van der Waals surface area contributed by atoms with E-state index in [1.165, 1.54) is 45.2 Å². The van der Waals surface area contributed by atoms with E-state index in [1.807, 2.05) is 0 Å². The SMILES string of the molecule is CC(C)(C)CCCN1CCCCC1C1CCCC1=O. The van der Waals surface area contributed by atoms with E-state index in [-0.39, 0.29) is 0 Å². The molecule has 0 amide bonds. The smallest absolute Gasteiger partial charge is 0.137 e. The summed E-state index contributed by atoms with van der Waals surface area (Å²) in [7, 11) is 0. The van der Waals surface area contributed by atoms with Gasteiger partial charge in [0, 0.05) is 18.4 Å². The summed E-state index contributed by atoms with van der Waals surface area (Å²) in [4.78, 5) is 14.7. The molecule has 2 atom stereocenters. The second-order valence-electron chi connectivity index (χ2n) is 7.73. The zero-order valence-corrected chi connectivity index (χ0v) is 13.1. The van der Waals surface area contributed by atoms with Gasteiger partial charge >= 0.3 is 0 Å². The summed E-state index contributed by atoms with van der Waals surface area (Å²) < 4.78 is 0. The topological polar surface area (TPSA) is 20.3 Å². The van der Waals surface area contributed by atoms with Crippen LogP contribution in [0.3, 0.4) is 0 Å². The van der Waals surface area contributed by atoms with Gasteiger partial charge in [0.25, 0.3) is 0 Å². The zero-order valence-electron chi connectivity index (χ0n) is 13.1. The highest BCUT2D eigenvalue weighted by molar-refractivity contribution is 5.83. The standard InChI is InChI=1S/C17H31NO/c1-17(2,3)11-7-13-18-12-5-4-9-15(18)14-8-6-10-16(14)19/h14-15H,4-13H2,1-3H3. The Morgan fingerprint density at radius 2 is 1.95 bits per heavy atom. The van der Waals surface area contributed by atoms with Crippen LogP contribution in [0.15, 0.2) is 0 Å². The second kappa shape index (κ2) is 6.39. The van der Waals surface area contributed by atoms with Gasteiger partial charge in [-0.1, -0.05) is 27.2 Å². The van der Waals surface area contributed by atoms with Crippen molar-refractivity contribution in [1.82, 2.24) is 4.90 Å². The van der Waals surface area contributed by atoms with Crippen LogP contribution in [-0.2, 0) is 4.79 Å². The highest BCUT2D eigenvalue weighted by Crippen LogP contribution is 2.33. The van der Waals surface area contributed by atoms with Crippen molar-refractivity contribution < 1.29 is 4.79 Å². The minimum atomic E-state index is 0.370. The molecule has 1 aliphatic heterocycles. The number of ketones is 1. The average molecular weight is 265 g/mol. The summed E-state index contributed by atoms with van der Waals surface area (Å²) in [5.74, 6) is 0.919. The molecule has 2 heteroatoms. The van der Waals surface area contributed by atoms with Crippen LogP contribution in [0.5, 0.6) is 0 Å². The van der Waals surface area contributed by atoms with Crippen LogP contribution < -0.4 is 0 Å². The van der Waals surface area contributed by atoms with Gasteiger partial charge in [-0.3, -0.25) is 9.69 Å². The molecular weight excluding hydrogens is 234 g/mol. The molecule has 1 saturated heterocycles. The Hall–Kier alpha value is -0.370. The summed E-state index contributed by atoms with van der Waals surface area (Å²) in [6.07, 6.45) is 9.60. The summed E-state index contributed by atoms with van der Waals surface area (Å²) in [6, 6.07) is 0.573. The van der Waals surface area contributed by atoms with Crippen molar-refractivity contribution in [3.05, 3.63) is 0 Å². The first-order valence-electron chi connectivity index (χ1n) is 8.24. The number of carbonyl (C=O) groups is 1. The van der Waals surface area contributed by atoms with E-state index in [9.17, 15) is 4.79 Å². The Morgan fingerprint density at radius 1 is 1.16 bits per heavy atom. The molecule has 2 aliphatic rings. The lowest BCUT2D eigenvalue weighted by Crippen LogP contribution is -2.45. The molecule has 110 valence electrons. The lowest BCUT2D eigenvalue weighted by molar-refractivity contribution is -0.123. The van der Waals surface area contributed by atoms with Crippen LogP contribution >= 0.6 is 0 Å². The lowest BCUT2D eigenvalue weighted by atomic mass is 9.87. The first-order valence-corrected chi connectivity index (χ1v) is 8.24. The van der Waals surface area contributed by atoms with Crippen molar-refractivity contribution in [2.24, 2.45) is 11.3 Å². The van der Waals surface area contributed by atoms with Gasteiger partial charge < -0.3 is 0 Å². The highest BCUT2D eigenvalue weighted by atomic mass is 16.1. The monoisotopic (exact) mass is 265 g/mol. The van der Waals surface area contributed by atoms with E-state index < -0.39 is 0 Å². The second-order valence-corrected chi connectivity index (χ2v) is 7.73. The van der Waals surface area contributed by atoms with Crippen LogP contribution in [0.25, 0.3) is 0 Å². The van der Waals surface area contributed by atoms with E-state index >= 15 is 0 Å². The molecule has 2 fully saturated rings. The molecule has 2 nitrogen and oxygen atoms in total. The Morgan fingerprint density at radius 3 is 2.58 bits per heavy atom. The van der Waals surface area contributed by atoms with Gasteiger partial charge in [0.05, 0.1) is 0 Å².